The molecule has 2 aromatic carbocycles. The van der Waals surface area contributed by atoms with Crippen molar-refractivity contribution in [3.05, 3.63) is 65.7 Å². The van der Waals surface area contributed by atoms with Crippen LogP contribution in [0.4, 0.5) is 4.39 Å². The van der Waals surface area contributed by atoms with Crippen LogP contribution in [0.15, 0.2) is 59.2 Å². The molecule has 0 heterocycles. The molecule has 22 heavy (non-hydrogen) atoms. The van der Waals surface area contributed by atoms with Crippen molar-refractivity contribution in [1.29, 1.82) is 5.41 Å². The van der Waals surface area contributed by atoms with Gasteiger partial charge in [0.2, 0.25) is 0 Å². The number of nitrogens with one attached hydrogen (secondary N) is 1. The standard InChI is InChI=1S/C13H11FS.C4H8N2O/c1-9-8-11(4-7-13(9)14)10-2-5-12(15)6-3-10;1-3(7)2-4(5)6/h2-8,15H,1H3;2,7H,1H3,(H3,5,6)/b;3-2-. The summed E-state index contributed by atoms with van der Waals surface area (Å²) in [5.74, 6) is -0.225. The van der Waals surface area contributed by atoms with Gasteiger partial charge in [0, 0.05) is 11.0 Å². The predicted molar refractivity (Wildman–Crippen MR) is 92.1 cm³/mol. The first-order valence-electron chi connectivity index (χ1n) is 6.56. The molecule has 0 fully saturated rings. The van der Waals surface area contributed by atoms with E-state index in [2.05, 4.69) is 12.6 Å². The number of aryl methyl sites for hydroxylation is 1. The molecule has 0 aliphatic heterocycles. The van der Waals surface area contributed by atoms with Crippen molar-refractivity contribution in [2.45, 2.75) is 18.7 Å². The van der Waals surface area contributed by atoms with Gasteiger partial charge in [0.25, 0.3) is 0 Å². The molecule has 0 aliphatic rings. The lowest BCUT2D eigenvalue weighted by molar-refractivity contribution is 0.415. The minimum atomic E-state index is -0.162. The van der Waals surface area contributed by atoms with E-state index in [1.54, 1.807) is 13.0 Å². The van der Waals surface area contributed by atoms with E-state index in [1.807, 2.05) is 30.3 Å². The maximum absolute atomic E-state index is 13.1. The van der Waals surface area contributed by atoms with Gasteiger partial charge in [-0.2, -0.15) is 0 Å². The van der Waals surface area contributed by atoms with Crippen LogP contribution in [-0.2, 0) is 0 Å². The summed E-state index contributed by atoms with van der Waals surface area (Å²) in [7, 11) is 0. The minimum absolute atomic E-state index is 0.0625. The number of nitrogens with two attached hydrogens (primary N) is 1. The molecule has 0 atom stereocenters. The van der Waals surface area contributed by atoms with Crippen LogP contribution in [0.3, 0.4) is 0 Å². The first kappa shape index (κ1) is 17.8. The van der Waals surface area contributed by atoms with Crippen molar-refractivity contribution < 1.29 is 9.50 Å². The highest BCUT2D eigenvalue weighted by Gasteiger charge is 2.01. The van der Waals surface area contributed by atoms with Crippen molar-refractivity contribution in [3.8, 4) is 11.1 Å². The molecule has 0 amide bonds. The summed E-state index contributed by atoms with van der Waals surface area (Å²) in [6.07, 6.45) is 1.17. The predicted octanol–water partition coefficient (Wildman–Crippen LogP) is 4.47. The van der Waals surface area contributed by atoms with E-state index in [1.165, 1.54) is 19.1 Å². The monoisotopic (exact) mass is 318 g/mol. The minimum Gasteiger partial charge on any atom is -0.512 e. The number of thiol groups is 1. The molecule has 4 N–H and O–H groups in total. The third-order valence-electron chi connectivity index (χ3n) is 2.72. The highest BCUT2D eigenvalue weighted by atomic mass is 32.1. The summed E-state index contributed by atoms with van der Waals surface area (Å²) in [5.41, 5.74) is 7.62. The van der Waals surface area contributed by atoms with E-state index in [4.69, 9.17) is 16.2 Å². The fourth-order valence-electron chi connectivity index (χ4n) is 1.70. The number of aliphatic hydroxyl groups excluding tert-OH is 1. The molecule has 0 aliphatic carbocycles. The van der Waals surface area contributed by atoms with Crippen LogP contribution >= 0.6 is 12.6 Å². The van der Waals surface area contributed by atoms with Gasteiger partial charge in [-0.1, -0.05) is 18.2 Å². The molecule has 0 radical (unpaired) electrons. The number of halogens is 1. The summed E-state index contributed by atoms with van der Waals surface area (Å²) in [6.45, 7) is 3.23. The maximum atomic E-state index is 13.1. The Kier molecular flexibility index (Phi) is 6.66. The number of amidine groups is 1. The zero-order chi connectivity index (χ0) is 16.7. The van der Waals surface area contributed by atoms with Crippen LogP contribution in [0.2, 0.25) is 0 Å². The molecular weight excluding hydrogens is 299 g/mol. The Morgan fingerprint density at radius 2 is 1.73 bits per heavy atom. The van der Waals surface area contributed by atoms with Gasteiger partial charge in [0.15, 0.2) is 0 Å². The van der Waals surface area contributed by atoms with Gasteiger partial charge in [-0.15, -0.1) is 12.6 Å². The Hall–Kier alpha value is -2.27. The second-order valence-corrected chi connectivity index (χ2v) is 5.27. The van der Waals surface area contributed by atoms with E-state index >= 15 is 0 Å². The Balaban J connectivity index is 0.000000295. The molecule has 3 nitrogen and oxygen atoms in total. The number of hydrogen-bond acceptors (Lipinski definition) is 3. The molecule has 0 saturated carbocycles. The van der Waals surface area contributed by atoms with Gasteiger partial charge < -0.3 is 10.8 Å². The molecule has 0 unspecified atom stereocenters. The van der Waals surface area contributed by atoms with Gasteiger partial charge in [0.1, 0.15) is 11.7 Å². The largest absolute Gasteiger partial charge is 0.512 e. The second kappa shape index (κ2) is 8.24. The van der Waals surface area contributed by atoms with Crippen molar-refractivity contribution in [3.63, 3.8) is 0 Å². The molecule has 2 aromatic rings. The molecular formula is C17H19FN2OS. The Morgan fingerprint density at radius 3 is 2.14 bits per heavy atom. The van der Waals surface area contributed by atoms with Gasteiger partial charge in [-0.3, -0.25) is 5.41 Å². The smallest absolute Gasteiger partial charge is 0.126 e. The molecule has 116 valence electrons. The normalized spacial score (nSPS) is 10.6. The van der Waals surface area contributed by atoms with Gasteiger partial charge in [-0.05, 0) is 54.8 Å². The third-order valence-corrected chi connectivity index (χ3v) is 3.02. The zero-order valence-electron chi connectivity index (χ0n) is 12.5. The first-order chi connectivity index (χ1) is 10.3. The van der Waals surface area contributed by atoms with Crippen molar-refractivity contribution in [2.75, 3.05) is 0 Å². The number of allylic oxidation sites excluding steroid dienone is 1. The molecule has 0 spiro atoms. The quantitative estimate of drug-likeness (QED) is 0.285. The van der Waals surface area contributed by atoms with E-state index in [9.17, 15) is 4.39 Å². The highest BCUT2D eigenvalue weighted by Crippen LogP contribution is 2.22. The van der Waals surface area contributed by atoms with E-state index < -0.39 is 0 Å². The molecule has 0 bridgehead atoms. The third kappa shape index (κ3) is 6.01. The Labute approximate surface area is 135 Å². The fraction of sp³-hybridized carbons (Fsp3) is 0.118. The average Bonchev–Trinajstić information content (AvgIpc) is 2.42. The Bertz CT molecular complexity index is 678. The van der Waals surface area contributed by atoms with E-state index in [0.29, 0.717) is 5.56 Å². The number of rotatable bonds is 2. The average molecular weight is 318 g/mol. The van der Waals surface area contributed by atoms with Crippen LogP contribution in [0, 0.1) is 18.2 Å². The van der Waals surface area contributed by atoms with Gasteiger partial charge in [-0.25, -0.2) is 4.39 Å². The maximum Gasteiger partial charge on any atom is 0.126 e. The zero-order valence-corrected chi connectivity index (χ0v) is 13.4. The highest BCUT2D eigenvalue weighted by molar-refractivity contribution is 7.80. The molecule has 0 saturated heterocycles. The van der Waals surface area contributed by atoms with Crippen molar-refractivity contribution >= 4 is 18.5 Å². The number of benzene rings is 2. The van der Waals surface area contributed by atoms with E-state index in [-0.39, 0.29) is 17.4 Å². The second-order valence-electron chi connectivity index (χ2n) is 4.75. The summed E-state index contributed by atoms with van der Waals surface area (Å²) < 4.78 is 13.1. The van der Waals surface area contributed by atoms with E-state index in [0.717, 1.165) is 16.0 Å². The Morgan fingerprint density at radius 1 is 1.18 bits per heavy atom. The number of hydrogen-bond donors (Lipinski definition) is 4. The SMILES string of the molecule is C/C(O)=C/C(=N)N.Cc1cc(-c2ccc(S)cc2)ccc1F. The van der Waals surface area contributed by atoms with Gasteiger partial charge >= 0.3 is 0 Å². The lowest BCUT2D eigenvalue weighted by Crippen LogP contribution is -2.05. The van der Waals surface area contributed by atoms with Crippen molar-refractivity contribution in [2.24, 2.45) is 5.73 Å². The van der Waals surface area contributed by atoms with Crippen LogP contribution in [-0.4, -0.2) is 10.9 Å². The topological polar surface area (TPSA) is 70.1 Å². The van der Waals surface area contributed by atoms with Gasteiger partial charge in [0.05, 0.1) is 5.76 Å². The molecule has 2 rings (SSSR count). The fourth-order valence-corrected chi connectivity index (χ4v) is 1.85. The van der Waals surface area contributed by atoms with Crippen molar-refractivity contribution in [1.82, 2.24) is 0 Å². The van der Waals surface area contributed by atoms with Crippen LogP contribution in [0.25, 0.3) is 11.1 Å². The number of aliphatic hydroxyl groups is 1. The summed E-state index contributed by atoms with van der Waals surface area (Å²) in [5, 5.41) is 14.9. The first-order valence-corrected chi connectivity index (χ1v) is 7.01. The summed E-state index contributed by atoms with van der Waals surface area (Å²) in [6, 6.07) is 13.0. The lowest BCUT2D eigenvalue weighted by Gasteiger charge is -2.04. The summed E-state index contributed by atoms with van der Waals surface area (Å²) in [4.78, 5) is 0.928. The van der Waals surface area contributed by atoms with Crippen LogP contribution in [0.5, 0.6) is 0 Å². The van der Waals surface area contributed by atoms with Crippen LogP contribution < -0.4 is 5.73 Å². The summed E-state index contributed by atoms with van der Waals surface area (Å²) >= 11 is 4.22. The lowest BCUT2D eigenvalue weighted by atomic mass is 10.0. The molecule has 0 aromatic heterocycles. The molecule has 5 heteroatoms. The van der Waals surface area contributed by atoms with Crippen LogP contribution in [0.1, 0.15) is 12.5 Å².